The smallest absolute Gasteiger partial charge is 0.160 e. The molecule has 0 aliphatic rings. The number of thiophene rings is 1. The fourth-order valence-corrected chi connectivity index (χ4v) is 9.96. The van der Waals surface area contributed by atoms with Gasteiger partial charge in [0.2, 0.25) is 0 Å². The molecule has 0 saturated carbocycles. The number of para-hydroxylation sites is 1. The second-order valence-corrected chi connectivity index (χ2v) is 14.6. The monoisotopic (exact) mass is 681 g/mol. The molecule has 0 N–H and O–H groups in total. The van der Waals surface area contributed by atoms with Crippen molar-refractivity contribution in [2.24, 2.45) is 0 Å². The molecule has 0 spiro atoms. The molecule has 244 valence electrons. The highest BCUT2D eigenvalue weighted by atomic mass is 32.1. The molecule has 2 nitrogen and oxygen atoms in total. The van der Waals surface area contributed by atoms with Crippen LogP contribution in [0.3, 0.4) is 0 Å². The Balaban J connectivity index is 1.36. The second-order valence-electron chi connectivity index (χ2n) is 13.5. The summed E-state index contributed by atoms with van der Waals surface area (Å²) in [7, 11) is 0. The van der Waals surface area contributed by atoms with Gasteiger partial charge >= 0.3 is 0 Å². The molecule has 3 aromatic heterocycles. The minimum Gasteiger partial charge on any atom is -0.454 e. The quantitative estimate of drug-likeness (QED) is 0.169. The summed E-state index contributed by atoms with van der Waals surface area (Å²) in [5.41, 5.74) is 7.66. The first kappa shape index (κ1) is 29.3. The average Bonchev–Trinajstić information content (AvgIpc) is 3.88. The highest BCUT2D eigenvalue weighted by molar-refractivity contribution is 7.25. The minimum absolute atomic E-state index is 0.778. The van der Waals surface area contributed by atoms with Crippen LogP contribution in [0.25, 0.3) is 114 Å². The van der Waals surface area contributed by atoms with Crippen LogP contribution in [0.15, 0.2) is 157 Å². The lowest BCUT2D eigenvalue weighted by Crippen LogP contribution is -1.95. The largest absolute Gasteiger partial charge is 0.454 e. The summed E-state index contributed by atoms with van der Waals surface area (Å²) in [5, 5.41) is 13.6. The van der Waals surface area contributed by atoms with Crippen LogP contribution in [0, 0.1) is 0 Å². The number of nitrogens with zero attached hydrogens (tertiary/aromatic N) is 1. The summed E-state index contributed by atoms with van der Waals surface area (Å²) in [5.74, 6) is 0.778. The normalized spacial score (nSPS) is 12.3. The van der Waals surface area contributed by atoms with Gasteiger partial charge in [-0.2, -0.15) is 0 Å². The third-order valence-electron chi connectivity index (χ3n) is 10.8. The first-order valence-electron chi connectivity index (χ1n) is 17.8. The Morgan fingerprint density at radius 2 is 1.21 bits per heavy atom. The number of fused-ring (bicyclic) bond motifs is 16. The Morgan fingerprint density at radius 3 is 1.96 bits per heavy atom. The molecule has 11 rings (SSSR count). The van der Waals surface area contributed by atoms with Gasteiger partial charge in [-0.15, -0.1) is 11.3 Å². The zero-order chi connectivity index (χ0) is 34.5. The van der Waals surface area contributed by atoms with E-state index < -0.39 is 0 Å². The molecule has 0 amide bonds. The molecule has 8 aromatic carbocycles. The maximum absolute atomic E-state index is 7.00. The molecule has 11 aromatic rings. The van der Waals surface area contributed by atoms with E-state index in [4.69, 9.17) is 4.42 Å². The van der Waals surface area contributed by atoms with Crippen LogP contribution >= 0.6 is 11.3 Å². The van der Waals surface area contributed by atoms with E-state index in [-0.39, 0.29) is 0 Å². The Labute approximate surface area is 303 Å². The number of rotatable bonds is 4. The highest BCUT2D eigenvalue weighted by Gasteiger charge is 2.27. The van der Waals surface area contributed by atoms with Gasteiger partial charge in [0.15, 0.2) is 5.58 Å². The van der Waals surface area contributed by atoms with E-state index in [0.717, 1.165) is 39.0 Å². The van der Waals surface area contributed by atoms with Crippen LogP contribution in [0.1, 0.15) is 18.2 Å². The number of hydrogen-bond donors (Lipinski definition) is 0. The minimum atomic E-state index is 0.778. The van der Waals surface area contributed by atoms with Gasteiger partial charge in [0.25, 0.3) is 0 Å². The third-order valence-corrected chi connectivity index (χ3v) is 12.0. The first-order valence-corrected chi connectivity index (χ1v) is 18.6. The van der Waals surface area contributed by atoms with Gasteiger partial charge in [-0.05, 0) is 76.0 Å². The molecule has 0 atom stereocenters. The molecular formula is C49H31NOS. The Hall–Kier alpha value is -6.42. The Bertz CT molecular complexity index is 3330. The van der Waals surface area contributed by atoms with E-state index in [1.165, 1.54) is 74.4 Å². The maximum Gasteiger partial charge on any atom is 0.160 e. The molecule has 0 fully saturated rings. The molecule has 0 unspecified atom stereocenters. The SMILES string of the molecule is C=Cc1oc2c(c1/C=C\C)c1c3ccccc3c3ccccc3c1c1c3ccccc3n(-c3cccc(-c4cccc5sc6ccccc6c45)c3)c21. The summed E-state index contributed by atoms with van der Waals surface area (Å²) in [6.07, 6.45) is 6.14. The van der Waals surface area contributed by atoms with Crippen molar-refractivity contribution in [3.05, 3.63) is 164 Å². The molecule has 0 aliphatic carbocycles. The van der Waals surface area contributed by atoms with E-state index in [0.29, 0.717) is 0 Å². The lowest BCUT2D eigenvalue weighted by Gasteiger charge is -2.15. The molecule has 0 radical (unpaired) electrons. The Kier molecular flexibility index (Phi) is 6.22. The Morgan fingerprint density at radius 1 is 0.577 bits per heavy atom. The molecule has 0 bridgehead atoms. The van der Waals surface area contributed by atoms with E-state index in [2.05, 4.69) is 170 Å². The third kappa shape index (κ3) is 3.89. The van der Waals surface area contributed by atoms with Crippen molar-refractivity contribution in [3.63, 3.8) is 0 Å². The van der Waals surface area contributed by atoms with E-state index >= 15 is 0 Å². The van der Waals surface area contributed by atoms with Crippen molar-refractivity contribution in [2.45, 2.75) is 6.92 Å². The van der Waals surface area contributed by atoms with Crippen LogP contribution in [0.4, 0.5) is 0 Å². The maximum atomic E-state index is 7.00. The number of aromatic nitrogens is 1. The van der Waals surface area contributed by atoms with Crippen molar-refractivity contribution in [1.29, 1.82) is 0 Å². The lowest BCUT2D eigenvalue weighted by molar-refractivity contribution is 0.605. The molecule has 0 aliphatic heterocycles. The summed E-state index contributed by atoms with van der Waals surface area (Å²) in [6.45, 7) is 6.29. The average molecular weight is 682 g/mol. The molecule has 52 heavy (non-hydrogen) atoms. The summed E-state index contributed by atoms with van der Waals surface area (Å²) in [6, 6.07) is 51.0. The van der Waals surface area contributed by atoms with Crippen LogP contribution < -0.4 is 0 Å². The summed E-state index contributed by atoms with van der Waals surface area (Å²) >= 11 is 1.86. The number of benzene rings is 8. The molecule has 3 heteroatoms. The highest BCUT2D eigenvalue weighted by Crippen LogP contribution is 2.50. The van der Waals surface area contributed by atoms with Crippen molar-refractivity contribution in [2.75, 3.05) is 0 Å². The summed E-state index contributed by atoms with van der Waals surface area (Å²) < 4.78 is 12.0. The number of furan rings is 1. The first-order chi connectivity index (χ1) is 25.7. The fourth-order valence-electron chi connectivity index (χ4n) is 8.82. The van der Waals surface area contributed by atoms with Gasteiger partial charge < -0.3 is 8.98 Å². The van der Waals surface area contributed by atoms with Crippen molar-refractivity contribution < 1.29 is 4.42 Å². The van der Waals surface area contributed by atoms with Crippen LogP contribution in [0.2, 0.25) is 0 Å². The molecule has 3 heterocycles. The van der Waals surface area contributed by atoms with Gasteiger partial charge in [-0.1, -0.05) is 128 Å². The fraction of sp³-hybridized carbons (Fsp3) is 0.0204. The van der Waals surface area contributed by atoms with Crippen LogP contribution in [-0.2, 0) is 0 Å². The lowest BCUT2D eigenvalue weighted by atomic mass is 9.88. The topological polar surface area (TPSA) is 18.1 Å². The van der Waals surface area contributed by atoms with Gasteiger partial charge in [-0.25, -0.2) is 0 Å². The van der Waals surface area contributed by atoms with Crippen molar-refractivity contribution >= 4 is 109 Å². The van der Waals surface area contributed by atoms with Crippen LogP contribution in [-0.4, -0.2) is 4.57 Å². The van der Waals surface area contributed by atoms with Gasteiger partial charge in [0, 0.05) is 58.4 Å². The van der Waals surface area contributed by atoms with Gasteiger partial charge in [0.1, 0.15) is 5.76 Å². The van der Waals surface area contributed by atoms with Gasteiger partial charge in [0.05, 0.1) is 11.0 Å². The number of hydrogen-bond acceptors (Lipinski definition) is 2. The zero-order valence-electron chi connectivity index (χ0n) is 28.5. The molecular weight excluding hydrogens is 651 g/mol. The van der Waals surface area contributed by atoms with Crippen molar-refractivity contribution in [1.82, 2.24) is 4.57 Å². The van der Waals surface area contributed by atoms with E-state index in [1.807, 2.05) is 17.4 Å². The van der Waals surface area contributed by atoms with Gasteiger partial charge in [-0.3, -0.25) is 0 Å². The molecule has 0 saturated heterocycles. The predicted molar refractivity (Wildman–Crippen MR) is 226 cm³/mol. The standard InChI is InChI=1S/C49H31NOS/c1-3-15-37-40(4-2)51-49-47(37)45-35-21-8-6-19-33(35)32-18-5-7-20-34(32)44(45)46-36-22-9-11-25-39(36)50(48(46)49)30-17-13-16-29(28-30)31-24-14-27-42-43(31)38-23-10-12-26-41(38)52-42/h3-28H,2H2,1H3/b15-3-. The second kappa shape index (κ2) is 11.0. The predicted octanol–water partition coefficient (Wildman–Crippen LogP) is 14.7. The van der Waals surface area contributed by atoms with Crippen molar-refractivity contribution in [3.8, 4) is 16.8 Å². The van der Waals surface area contributed by atoms with E-state index in [9.17, 15) is 0 Å². The van der Waals surface area contributed by atoms with Crippen LogP contribution in [0.5, 0.6) is 0 Å². The zero-order valence-corrected chi connectivity index (χ0v) is 29.3. The summed E-state index contributed by atoms with van der Waals surface area (Å²) in [4.78, 5) is 0. The van der Waals surface area contributed by atoms with E-state index in [1.54, 1.807) is 0 Å². The number of allylic oxidation sites excluding steroid dienone is 1.